The van der Waals surface area contributed by atoms with Gasteiger partial charge in [0.15, 0.2) is 0 Å². The molecule has 0 aromatic carbocycles. The summed E-state index contributed by atoms with van der Waals surface area (Å²) >= 11 is 0. The van der Waals surface area contributed by atoms with Crippen LogP contribution in [-0.4, -0.2) is 23.1 Å². The average Bonchev–Trinajstić information content (AvgIpc) is 2.60. The van der Waals surface area contributed by atoms with E-state index in [1.807, 2.05) is 13.2 Å². The molecule has 14 heavy (non-hydrogen) atoms. The molecule has 1 heterocycles. The Morgan fingerprint density at radius 1 is 1.43 bits per heavy atom. The highest BCUT2D eigenvalue weighted by Gasteiger charge is 2.05. The number of nitrogens with zero attached hydrogens (tertiary/aromatic N) is 2. The third kappa shape index (κ3) is 3.14. The molecule has 80 valence electrons. The van der Waals surface area contributed by atoms with Crippen LogP contribution in [0.25, 0.3) is 0 Å². The second-order valence-electron chi connectivity index (χ2n) is 3.94. The maximum Gasteiger partial charge on any atom is 0.111 e. The Bertz CT molecular complexity index is 253. The second kappa shape index (κ2) is 5.81. The summed E-state index contributed by atoms with van der Waals surface area (Å²) in [4.78, 5) is 4.36. The Hall–Kier alpha value is -0.830. The van der Waals surface area contributed by atoms with Gasteiger partial charge in [-0.15, -0.1) is 0 Å². The number of unbranched alkanes of at least 4 members (excludes halogenated alkanes) is 1. The number of aryl methyl sites for hydroxylation is 1. The molecule has 0 aliphatic heterocycles. The number of hydrogen-bond donors (Lipinski definition) is 1. The summed E-state index contributed by atoms with van der Waals surface area (Å²) in [5.41, 5.74) is 0. The minimum Gasteiger partial charge on any atom is -0.335 e. The van der Waals surface area contributed by atoms with Crippen molar-refractivity contribution in [2.24, 2.45) is 0 Å². The quantitative estimate of drug-likeness (QED) is 0.704. The van der Waals surface area contributed by atoms with Crippen LogP contribution < -0.4 is 5.32 Å². The van der Waals surface area contributed by atoms with Crippen molar-refractivity contribution < 1.29 is 0 Å². The summed E-state index contributed by atoms with van der Waals surface area (Å²) in [6.45, 7) is 6.57. The molecule has 0 fully saturated rings. The summed E-state index contributed by atoms with van der Waals surface area (Å²) in [5, 5.41) is 3.16. The van der Waals surface area contributed by atoms with E-state index in [1.165, 1.54) is 18.7 Å². The molecule has 0 aliphatic carbocycles. The van der Waals surface area contributed by atoms with Gasteiger partial charge in [0.2, 0.25) is 0 Å². The molecule has 0 saturated heterocycles. The van der Waals surface area contributed by atoms with E-state index in [-0.39, 0.29) is 0 Å². The summed E-state index contributed by atoms with van der Waals surface area (Å²) in [5.74, 6) is 1.73. The van der Waals surface area contributed by atoms with Crippen LogP contribution in [-0.2, 0) is 6.54 Å². The largest absolute Gasteiger partial charge is 0.335 e. The van der Waals surface area contributed by atoms with Crippen LogP contribution in [0.3, 0.4) is 0 Å². The molecule has 3 heteroatoms. The van der Waals surface area contributed by atoms with Crippen molar-refractivity contribution in [3.8, 4) is 0 Å². The van der Waals surface area contributed by atoms with Crippen LogP contribution in [0.15, 0.2) is 12.4 Å². The molecular formula is C11H21N3. The number of rotatable bonds is 6. The highest BCUT2D eigenvalue weighted by molar-refractivity contribution is 4.97. The number of hydrogen-bond acceptors (Lipinski definition) is 2. The lowest BCUT2D eigenvalue weighted by Gasteiger charge is -2.09. The lowest BCUT2D eigenvalue weighted by Crippen LogP contribution is -2.10. The third-order valence-corrected chi connectivity index (χ3v) is 2.34. The summed E-state index contributed by atoms with van der Waals surface area (Å²) in [7, 11) is 2.00. The first-order valence-corrected chi connectivity index (χ1v) is 5.41. The standard InChI is InChI=1S/C11H21N3/c1-10(2)11-13-7-9-14(11)8-5-4-6-12-3/h7,9-10,12H,4-6,8H2,1-3H3. The Labute approximate surface area is 86.5 Å². The molecule has 1 aromatic heterocycles. The van der Waals surface area contributed by atoms with Gasteiger partial charge >= 0.3 is 0 Å². The fourth-order valence-corrected chi connectivity index (χ4v) is 1.59. The molecule has 3 nitrogen and oxygen atoms in total. The van der Waals surface area contributed by atoms with Gasteiger partial charge < -0.3 is 9.88 Å². The molecule has 1 aromatic rings. The SMILES string of the molecule is CNCCCCn1ccnc1C(C)C. The van der Waals surface area contributed by atoms with Crippen LogP contribution in [0.2, 0.25) is 0 Å². The first-order valence-electron chi connectivity index (χ1n) is 5.41. The number of nitrogens with one attached hydrogen (secondary N) is 1. The fraction of sp³-hybridized carbons (Fsp3) is 0.727. The lowest BCUT2D eigenvalue weighted by atomic mass is 10.2. The van der Waals surface area contributed by atoms with Gasteiger partial charge in [0, 0.05) is 24.9 Å². The molecule has 0 spiro atoms. The average molecular weight is 195 g/mol. The Kier molecular flexibility index (Phi) is 4.66. The normalized spacial score (nSPS) is 11.1. The van der Waals surface area contributed by atoms with Crippen molar-refractivity contribution >= 4 is 0 Å². The van der Waals surface area contributed by atoms with Gasteiger partial charge in [-0.2, -0.15) is 0 Å². The molecule has 0 radical (unpaired) electrons. The maximum atomic E-state index is 4.36. The van der Waals surface area contributed by atoms with Crippen molar-refractivity contribution in [3.63, 3.8) is 0 Å². The third-order valence-electron chi connectivity index (χ3n) is 2.34. The Balaban J connectivity index is 2.38. The van der Waals surface area contributed by atoms with E-state index in [2.05, 4.69) is 34.9 Å². The van der Waals surface area contributed by atoms with Gasteiger partial charge in [0.05, 0.1) is 0 Å². The Morgan fingerprint density at radius 3 is 2.86 bits per heavy atom. The summed E-state index contributed by atoms with van der Waals surface area (Å²) < 4.78 is 2.26. The topological polar surface area (TPSA) is 29.9 Å². The highest BCUT2D eigenvalue weighted by Crippen LogP contribution is 2.12. The van der Waals surface area contributed by atoms with Crippen molar-refractivity contribution in [1.82, 2.24) is 14.9 Å². The monoisotopic (exact) mass is 195 g/mol. The number of imidazole rings is 1. The minimum absolute atomic E-state index is 0.523. The van der Waals surface area contributed by atoms with E-state index in [0.29, 0.717) is 5.92 Å². The minimum atomic E-state index is 0.523. The van der Waals surface area contributed by atoms with E-state index in [4.69, 9.17) is 0 Å². The van der Waals surface area contributed by atoms with Gasteiger partial charge in [0.1, 0.15) is 5.82 Å². The molecule has 0 saturated carbocycles. The highest BCUT2D eigenvalue weighted by atomic mass is 15.1. The van der Waals surface area contributed by atoms with Gasteiger partial charge in [-0.05, 0) is 26.4 Å². The van der Waals surface area contributed by atoms with E-state index >= 15 is 0 Å². The van der Waals surface area contributed by atoms with Crippen molar-refractivity contribution in [2.75, 3.05) is 13.6 Å². The summed E-state index contributed by atoms with van der Waals surface area (Å²) in [6.07, 6.45) is 6.42. The Morgan fingerprint density at radius 2 is 2.21 bits per heavy atom. The van der Waals surface area contributed by atoms with E-state index in [1.54, 1.807) is 0 Å². The molecule has 0 atom stereocenters. The van der Waals surface area contributed by atoms with Crippen LogP contribution in [0, 0.1) is 0 Å². The van der Waals surface area contributed by atoms with Crippen LogP contribution in [0.5, 0.6) is 0 Å². The molecule has 1 N–H and O–H groups in total. The van der Waals surface area contributed by atoms with Gasteiger partial charge in [-0.3, -0.25) is 0 Å². The lowest BCUT2D eigenvalue weighted by molar-refractivity contribution is 0.559. The molecule has 1 rings (SSSR count). The number of aromatic nitrogens is 2. The molecule has 0 aliphatic rings. The van der Waals surface area contributed by atoms with Gasteiger partial charge in [-0.1, -0.05) is 13.8 Å². The maximum absolute atomic E-state index is 4.36. The first kappa shape index (κ1) is 11.2. The van der Waals surface area contributed by atoms with Crippen LogP contribution >= 0.6 is 0 Å². The smallest absolute Gasteiger partial charge is 0.111 e. The predicted octanol–water partition coefficient (Wildman–Crippen LogP) is 2.01. The predicted molar refractivity (Wildman–Crippen MR) is 59.5 cm³/mol. The summed E-state index contributed by atoms with van der Waals surface area (Å²) in [6, 6.07) is 0. The molecule has 0 bridgehead atoms. The van der Waals surface area contributed by atoms with Crippen LogP contribution in [0.4, 0.5) is 0 Å². The van der Waals surface area contributed by atoms with E-state index in [0.717, 1.165) is 13.1 Å². The first-order chi connectivity index (χ1) is 6.75. The fourth-order valence-electron chi connectivity index (χ4n) is 1.59. The zero-order valence-electron chi connectivity index (χ0n) is 9.45. The van der Waals surface area contributed by atoms with Gasteiger partial charge in [-0.25, -0.2) is 4.98 Å². The zero-order chi connectivity index (χ0) is 10.4. The molecular weight excluding hydrogens is 174 g/mol. The van der Waals surface area contributed by atoms with Crippen molar-refractivity contribution in [3.05, 3.63) is 18.2 Å². The van der Waals surface area contributed by atoms with Crippen LogP contribution in [0.1, 0.15) is 38.4 Å². The van der Waals surface area contributed by atoms with Gasteiger partial charge in [0.25, 0.3) is 0 Å². The van der Waals surface area contributed by atoms with E-state index in [9.17, 15) is 0 Å². The van der Waals surface area contributed by atoms with E-state index < -0.39 is 0 Å². The van der Waals surface area contributed by atoms with Crippen molar-refractivity contribution in [2.45, 2.75) is 39.2 Å². The zero-order valence-corrected chi connectivity index (χ0v) is 9.45. The van der Waals surface area contributed by atoms with Crippen molar-refractivity contribution in [1.29, 1.82) is 0 Å². The second-order valence-corrected chi connectivity index (χ2v) is 3.94. The molecule has 0 unspecified atom stereocenters. The molecule has 0 amide bonds.